The quantitative estimate of drug-likeness (QED) is 0.352. The molecular weight excluding hydrogens is 315 g/mol. The fraction of sp³-hybridized carbons (Fsp3) is 0.250. The molecule has 1 nitrogen and oxygen atoms in total. The molecule has 0 radical (unpaired) electrons. The molecule has 0 N–H and O–H groups in total. The zero-order valence-corrected chi connectivity index (χ0v) is 9.16. The van der Waals surface area contributed by atoms with Crippen molar-refractivity contribution in [3.8, 4) is 0 Å². The molecule has 0 fully saturated rings. The molecule has 1 aromatic rings. The highest BCUT2D eigenvalue weighted by molar-refractivity contribution is 14.1. The van der Waals surface area contributed by atoms with Crippen molar-refractivity contribution < 1.29 is 22.3 Å². The van der Waals surface area contributed by atoms with Gasteiger partial charge < -0.3 is 4.74 Å². The number of hydrogen-bond acceptors (Lipinski definition) is 1. The van der Waals surface area contributed by atoms with Crippen LogP contribution in [0.5, 0.6) is 0 Å². The molecule has 6 heteroatoms. The van der Waals surface area contributed by atoms with E-state index < -0.39 is 23.3 Å². The van der Waals surface area contributed by atoms with E-state index >= 15 is 0 Å². The Bertz CT molecular complexity index is 338. The summed E-state index contributed by atoms with van der Waals surface area (Å²) in [5.74, 6) is -6.41. The van der Waals surface area contributed by atoms with Gasteiger partial charge in [-0.15, -0.1) is 0 Å². The van der Waals surface area contributed by atoms with Crippen LogP contribution in [0, 0.1) is 26.8 Å². The SMILES string of the molecule is COCc1c(F)c(F)c(F)c(F)c1I. The third-order valence-electron chi connectivity index (χ3n) is 1.59. The second kappa shape index (κ2) is 4.43. The van der Waals surface area contributed by atoms with Crippen LogP contribution >= 0.6 is 22.6 Å². The first-order chi connectivity index (χ1) is 6.50. The van der Waals surface area contributed by atoms with E-state index in [0.717, 1.165) is 0 Å². The highest BCUT2D eigenvalue weighted by Crippen LogP contribution is 2.25. The summed E-state index contributed by atoms with van der Waals surface area (Å²) in [4.78, 5) is 0. The minimum atomic E-state index is -1.81. The van der Waals surface area contributed by atoms with Gasteiger partial charge in [0.25, 0.3) is 0 Å². The molecule has 0 heterocycles. The molecule has 1 rings (SSSR count). The summed E-state index contributed by atoms with van der Waals surface area (Å²) in [5, 5.41) is 0. The Hall–Kier alpha value is -0.370. The summed E-state index contributed by atoms with van der Waals surface area (Å²) in [5.41, 5.74) is -0.315. The monoisotopic (exact) mass is 320 g/mol. The fourth-order valence-corrected chi connectivity index (χ4v) is 1.55. The van der Waals surface area contributed by atoms with Crippen molar-refractivity contribution in [2.24, 2.45) is 0 Å². The Morgan fingerprint density at radius 2 is 1.50 bits per heavy atom. The Balaban J connectivity index is 3.43. The first-order valence-electron chi connectivity index (χ1n) is 3.50. The first kappa shape index (κ1) is 11.7. The molecule has 0 amide bonds. The van der Waals surface area contributed by atoms with Crippen molar-refractivity contribution in [1.82, 2.24) is 0 Å². The maximum absolute atomic E-state index is 13.0. The van der Waals surface area contributed by atoms with E-state index in [1.807, 2.05) is 0 Å². The highest BCUT2D eigenvalue weighted by atomic mass is 127. The van der Waals surface area contributed by atoms with Crippen LogP contribution in [0.1, 0.15) is 5.56 Å². The average molecular weight is 320 g/mol. The molecule has 0 aliphatic carbocycles. The molecule has 0 saturated carbocycles. The van der Waals surface area contributed by atoms with Crippen LogP contribution in [0.2, 0.25) is 0 Å². The average Bonchev–Trinajstić information content (AvgIpc) is 2.19. The van der Waals surface area contributed by atoms with Crippen molar-refractivity contribution in [2.45, 2.75) is 6.61 Å². The van der Waals surface area contributed by atoms with E-state index in [-0.39, 0.29) is 15.7 Å². The van der Waals surface area contributed by atoms with Gasteiger partial charge in [-0.3, -0.25) is 0 Å². The van der Waals surface area contributed by atoms with Gasteiger partial charge in [0, 0.05) is 12.7 Å². The molecule has 0 unspecified atom stereocenters. The molecule has 0 saturated heterocycles. The van der Waals surface area contributed by atoms with Gasteiger partial charge >= 0.3 is 0 Å². The smallest absolute Gasteiger partial charge is 0.198 e. The van der Waals surface area contributed by atoms with Gasteiger partial charge in [0.15, 0.2) is 23.3 Å². The van der Waals surface area contributed by atoms with E-state index in [1.54, 1.807) is 0 Å². The van der Waals surface area contributed by atoms with Crippen LogP contribution < -0.4 is 0 Å². The fourth-order valence-electron chi connectivity index (χ4n) is 0.921. The van der Waals surface area contributed by atoms with E-state index in [0.29, 0.717) is 0 Å². The molecule has 0 aliphatic rings. The van der Waals surface area contributed by atoms with Crippen LogP contribution in [-0.4, -0.2) is 7.11 Å². The lowest BCUT2D eigenvalue weighted by atomic mass is 10.2. The van der Waals surface area contributed by atoms with Crippen molar-refractivity contribution in [2.75, 3.05) is 7.11 Å². The predicted molar refractivity (Wildman–Crippen MR) is 49.7 cm³/mol. The Kier molecular flexibility index (Phi) is 3.71. The van der Waals surface area contributed by atoms with Crippen LogP contribution in [0.4, 0.5) is 17.6 Å². The van der Waals surface area contributed by atoms with Crippen molar-refractivity contribution in [3.05, 3.63) is 32.4 Å². The van der Waals surface area contributed by atoms with Gasteiger partial charge in [0.1, 0.15) is 0 Å². The maximum atomic E-state index is 13.0. The Morgan fingerprint density at radius 1 is 1.00 bits per heavy atom. The minimum Gasteiger partial charge on any atom is -0.380 e. The Morgan fingerprint density at radius 3 is 2.00 bits per heavy atom. The van der Waals surface area contributed by atoms with Gasteiger partial charge in [-0.25, -0.2) is 17.6 Å². The zero-order valence-electron chi connectivity index (χ0n) is 7.01. The van der Waals surface area contributed by atoms with E-state index in [4.69, 9.17) is 0 Å². The van der Waals surface area contributed by atoms with Crippen molar-refractivity contribution >= 4 is 22.6 Å². The third kappa shape index (κ3) is 1.85. The third-order valence-corrected chi connectivity index (χ3v) is 2.71. The van der Waals surface area contributed by atoms with Crippen molar-refractivity contribution in [1.29, 1.82) is 0 Å². The summed E-state index contributed by atoms with van der Waals surface area (Å²) in [6.45, 7) is -0.307. The van der Waals surface area contributed by atoms with Gasteiger partial charge in [-0.05, 0) is 22.6 Å². The summed E-state index contributed by atoms with van der Waals surface area (Å²) >= 11 is 1.39. The normalized spacial score (nSPS) is 10.7. The summed E-state index contributed by atoms with van der Waals surface area (Å²) in [6, 6.07) is 0. The van der Waals surface area contributed by atoms with Gasteiger partial charge in [0.05, 0.1) is 10.2 Å². The highest BCUT2D eigenvalue weighted by Gasteiger charge is 2.23. The van der Waals surface area contributed by atoms with Crippen LogP contribution in [0.3, 0.4) is 0 Å². The number of ether oxygens (including phenoxy) is 1. The van der Waals surface area contributed by atoms with E-state index in [1.165, 1.54) is 29.7 Å². The molecule has 0 aromatic heterocycles. The molecule has 1 aromatic carbocycles. The van der Waals surface area contributed by atoms with Gasteiger partial charge in [-0.2, -0.15) is 0 Å². The molecule has 0 aliphatic heterocycles. The summed E-state index contributed by atoms with van der Waals surface area (Å²) in [6.07, 6.45) is 0. The predicted octanol–water partition coefficient (Wildman–Crippen LogP) is 2.99. The van der Waals surface area contributed by atoms with Gasteiger partial charge in [-0.1, -0.05) is 0 Å². The lowest BCUT2D eigenvalue weighted by Crippen LogP contribution is -2.06. The molecular formula is C8H5F4IO. The summed E-state index contributed by atoms with van der Waals surface area (Å²) < 4.78 is 55.5. The topological polar surface area (TPSA) is 9.23 Å². The zero-order chi connectivity index (χ0) is 10.9. The number of methoxy groups -OCH3 is 1. The number of halogens is 5. The molecule has 78 valence electrons. The van der Waals surface area contributed by atoms with Gasteiger partial charge in [0.2, 0.25) is 0 Å². The van der Waals surface area contributed by atoms with Crippen LogP contribution in [-0.2, 0) is 11.3 Å². The molecule has 14 heavy (non-hydrogen) atoms. The van der Waals surface area contributed by atoms with E-state index in [2.05, 4.69) is 4.74 Å². The van der Waals surface area contributed by atoms with Crippen LogP contribution in [0.25, 0.3) is 0 Å². The molecule has 0 atom stereocenters. The van der Waals surface area contributed by atoms with Crippen molar-refractivity contribution in [3.63, 3.8) is 0 Å². The number of hydrogen-bond donors (Lipinski definition) is 0. The lowest BCUT2D eigenvalue weighted by molar-refractivity contribution is 0.178. The minimum absolute atomic E-state index is 0.305. The number of benzene rings is 1. The second-order valence-electron chi connectivity index (χ2n) is 2.48. The Labute approximate surface area is 91.2 Å². The largest absolute Gasteiger partial charge is 0.380 e. The summed E-state index contributed by atoms with van der Waals surface area (Å²) in [7, 11) is 1.24. The standard InChI is InChI=1S/C8H5F4IO/c1-14-2-3-4(9)5(10)6(11)7(12)8(3)13/h2H2,1H3. The second-order valence-corrected chi connectivity index (χ2v) is 3.56. The van der Waals surface area contributed by atoms with E-state index in [9.17, 15) is 17.6 Å². The molecule has 0 spiro atoms. The maximum Gasteiger partial charge on any atom is 0.198 e. The number of rotatable bonds is 2. The lowest BCUT2D eigenvalue weighted by Gasteiger charge is -2.07. The molecule has 0 bridgehead atoms. The first-order valence-corrected chi connectivity index (χ1v) is 4.57. The van der Waals surface area contributed by atoms with Crippen LogP contribution in [0.15, 0.2) is 0 Å².